The summed E-state index contributed by atoms with van der Waals surface area (Å²) >= 11 is 0. The zero-order valence-electron chi connectivity index (χ0n) is 9.77. The third-order valence-electron chi connectivity index (χ3n) is 3.94. The van der Waals surface area contributed by atoms with Gasteiger partial charge >= 0.3 is 0 Å². The van der Waals surface area contributed by atoms with Crippen LogP contribution in [0.5, 0.6) is 0 Å². The van der Waals surface area contributed by atoms with Crippen molar-refractivity contribution in [2.45, 2.75) is 33.3 Å². The monoisotopic (exact) mass is 204 g/mol. The van der Waals surface area contributed by atoms with Gasteiger partial charge < -0.3 is 5.11 Å². The topological polar surface area (TPSA) is 20.2 Å². The van der Waals surface area contributed by atoms with Crippen molar-refractivity contribution >= 4 is 0 Å². The molecule has 0 aromatic carbocycles. The molecular formula is C14H20O. The van der Waals surface area contributed by atoms with Gasteiger partial charge in [-0.2, -0.15) is 0 Å². The SMILES string of the molecule is CC(C)[C@@H]1C[C@H](O)[C@]2(C)C=CC=CC=C12. The molecule has 1 saturated carbocycles. The predicted octanol–water partition coefficient (Wildman–Crippen LogP) is 3.08. The summed E-state index contributed by atoms with van der Waals surface area (Å²) in [6.45, 7) is 6.62. The van der Waals surface area contributed by atoms with Crippen LogP contribution in [0.3, 0.4) is 0 Å². The largest absolute Gasteiger partial charge is 0.392 e. The van der Waals surface area contributed by atoms with Gasteiger partial charge in [0.05, 0.1) is 6.10 Å². The van der Waals surface area contributed by atoms with Gasteiger partial charge in [-0.25, -0.2) is 0 Å². The van der Waals surface area contributed by atoms with Gasteiger partial charge in [-0.3, -0.25) is 0 Å². The minimum absolute atomic E-state index is 0.140. The Bertz CT molecular complexity index is 335. The van der Waals surface area contributed by atoms with Crippen molar-refractivity contribution in [3.05, 3.63) is 36.0 Å². The molecule has 0 heterocycles. The van der Waals surface area contributed by atoms with E-state index in [9.17, 15) is 5.11 Å². The molecule has 0 aliphatic heterocycles. The van der Waals surface area contributed by atoms with Crippen molar-refractivity contribution in [1.82, 2.24) is 0 Å². The second kappa shape index (κ2) is 3.64. The number of hydrogen-bond donors (Lipinski definition) is 1. The average molecular weight is 204 g/mol. The lowest BCUT2D eigenvalue weighted by molar-refractivity contribution is 0.108. The maximum Gasteiger partial charge on any atom is 0.0671 e. The van der Waals surface area contributed by atoms with E-state index in [1.54, 1.807) is 0 Å². The van der Waals surface area contributed by atoms with Crippen LogP contribution in [0, 0.1) is 17.3 Å². The number of rotatable bonds is 1. The van der Waals surface area contributed by atoms with E-state index in [-0.39, 0.29) is 11.5 Å². The Kier molecular flexibility index (Phi) is 2.59. The van der Waals surface area contributed by atoms with Crippen LogP contribution in [0.1, 0.15) is 27.2 Å². The van der Waals surface area contributed by atoms with Crippen molar-refractivity contribution in [3.8, 4) is 0 Å². The highest BCUT2D eigenvalue weighted by Gasteiger charge is 2.46. The molecule has 2 aliphatic carbocycles. The minimum Gasteiger partial charge on any atom is -0.392 e. The normalized spacial score (nSPS) is 39.1. The van der Waals surface area contributed by atoms with Crippen LogP contribution >= 0.6 is 0 Å². The molecule has 0 aromatic heterocycles. The fourth-order valence-corrected chi connectivity index (χ4v) is 2.82. The lowest BCUT2D eigenvalue weighted by atomic mass is 9.79. The zero-order chi connectivity index (χ0) is 11.1. The summed E-state index contributed by atoms with van der Waals surface area (Å²) < 4.78 is 0. The van der Waals surface area contributed by atoms with E-state index in [0.29, 0.717) is 11.8 Å². The quantitative estimate of drug-likeness (QED) is 0.696. The number of allylic oxidation sites excluding steroid dienone is 4. The molecule has 82 valence electrons. The van der Waals surface area contributed by atoms with Gasteiger partial charge in [0, 0.05) is 5.41 Å². The lowest BCUT2D eigenvalue weighted by Gasteiger charge is -2.27. The number of hydrogen-bond acceptors (Lipinski definition) is 1. The highest BCUT2D eigenvalue weighted by molar-refractivity contribution is 5.37. The Hall–Kier alpha value is -0.820. The summed E-state index contributed by atoms with van der Waals surface area (Å²) in [5, 5.41) is 10.2. The molecule has 0 amide bonds. The molecule has 0 spiro atoms. The summed E-state index contributed by atoms with van der Waals surface area (Å²) in [5.74, 6) is 1.13. The van der Waals surface area contributed by atoms with Crippen LogP contribution in [0.15, 0.2) is 36.0 Å². The Morgan fingerprint density at radius 1 is 1.33 bits per heavy atom. The van der Waals surface area contributed by atoms with Crippen LogP contribution in [-0.4, -0.2) is 11.2 Å². The number of aliphatic hydroxyl groups excluding tert-OH is 1. The smallest absolute Gasteiger partial charge is 0.0671 e. The van der Waals surface area contributed by atoms with E-state index in [4.69, 9.17) is 0 Å². The summed E-state index contributed by atoms with van der Waals surface area (Å²) in [6, 6.07) is 0. The van der Waals surface area contributed by atoms with Gasteiger partial charge in [-0.15, -0.1) is 0 Å². The van der Waals surface area contributed by atoms with Crippen LogP contribution in [-0.2, 0) is 0 Å². The number of fused-ring (bicyclic) bond motifs is 1. The molecule has 1 nitrogen and oxygen atoms in total. The number of aliphatic hydroxyl groups is 1. The van der Waals surface area contributed by atoms with Gasteiger partial charge in [0.1, 0.15) is 0 Å². The van der Waals surface area contributed by atoms with Gasteiger partial charge in [0.15, 0.2) is 0 Å². The summed E-state index contributed by atoms with van der Waals surface area (Å²) in [4.78, 5) is 0. The molecule has 1 N–H and O–H groups in total. The third kappa shape index (κ3) is 1.59. The molecule has 1 fully saturated rings. The van der Waals surface area contributed by atoms with Crippen molar-refractivity contribution in [1.29, 1.82) is 0 Å². The van der Waals surface area contributed by atoms with E-state index in [1.807, 2.05) is 6.08 Å². The molecular weight excluding hydrogens is 184 g/mol. The molecule has 0 radical (unpaired) electrons. The molecule has 1 heteroatoms. The van der Waals surface area contributed by atoms with E-state index in [2.05, 4.69) is 45.1 Å². The molecule has 15 heavy (non-hydrogen) atoms. The molecule has 0 bridgehead atoms. The van der Waals surface area contributed by atoms with Gasteiger partial charge in [0.2, 0.25) is 0 Å². The maximum atomic E-state index is 10.2. The summed E-state index contributed by atoms with van der Waals surface area (Å²) in [5.41, 5.74) is 1.26. The first-order chi connectivity index (χ1) is 7.05. The molecule has 0 unspecified atom stereocenters. The first-order valence-corrected chi connectivity index (χ1v) is 5.80. The van der Waals surface area contributed by atoms with Crippen LogP contribution in [0.4, 0.5) is 0 Å². The van der Waals surface area contributed by atoms with Gasteiger partial charge in [0.25, 0.3) is 0 Å². The lowest BCUT2D eigenvalue weighted by Crippen LogP contribution is -2.25. The van der Waals surface area contributed by atoms with Gasteiger partial charge in [-0.1, -0.05) is 49.8 Å². The fraction of sp³-hybridized carbons (Fsp3) is 0.571. The standard InChI is InChI=1S/C14H20O/c1-10(2)11-9-13(15)14(3)8-6-4-5-7-12(11)14/h4-8,10-11,13,15H,9H2,1-3H3/t11-,13-,14+/m0/s1. The Labute approximate surface area is 92.2 Å². The summed E-state index contributed by atoms with van der Waals surface area (Å²) in [7, 11) is 0. The highest BCUT2D eigenvalue weighted by Crippen LogP contribution is 2.50. The van der Waals surface area contributed by atoms with Crippen LogP contribution in [0.2, 0.25) is 0 Å². The first kappa shape index (κ1) is 10.7. The Morgan fingerprint density at radius 2 is 2.07 bits per heavy atom. The maximum absolute atomic E-state index is 10.2. The first-order valence-electron chi connectivity index (χ1n) is 5.80. The van der Waals surface area contributed by atoms with Crippen LogP contribution < -0.4 is 0 Å². The van der Waals surface area contributed by atoms with E-state index in [1.165, 1.54) is 5.57 Å². The van der Waals surface area contributed by atoms with Crippen molar-refractivity contribution in [2.75, 3.05) is 0 Å². The van der Waals surface area contributed by atoms with Crippen LogP contribution in [0.25, 0.3) is 0 Å². The fourth-order valence-electron chi connectivity index (χ4n) is 2.82. The highest BCUT2D eigenvalue weighted by atomic mass is 16.3. The zero-order valence-corrected chi connectivity index (χ0v) is 9.77. The minimum atomic E-state index is -0.229. The molecule has 0 aromatic rings. The molecule has 2 rings (SSSR count). The van der Waals surface area contributed by atoms with Crippen molar-refractivity contribution in [2.24, 2.45) is 17.3 Å². The average Bonchev–Trinajstić information content (AvgIpc) is 2.36. The third-order valence-corrected chi connectivity index (χ3v) is 3.94. The second-order valence-corrected chi connectivity index (χ2v) is 5.25. The van der Waals surface area contributed by atoms with Gasteiger partial charge in [-0.05, 0) is 25.2 Å². The molecule has 2 aliphatic rings. The Balaban J connectivity index is 2.43. The van der Waals surface area contributed by atoms with E-state index in [0.717, 1.165) is 6.42 Å². The van der Waals surface area contributed by atoms with E-state index >= 15 is 0 Å². The molecule has 3 atom stereocenters. The summed E-state index contributed by atoms with van der Waals surface area (Å²) in [6.07, 6.45) is 11.2. The Morgan fingerprint density at radius 3 is 2.73 bits per heavy atom. The predicted molar refractivity (Wildman–Crippen MR) is 63.4 cm³/mol. The second-order valence-electron chi connectivity index (χ2n) is 5.25. The van der Waals surface area contributed by atoms with E-state index < -0.39 is 0 Å². The van der Waals surface area contributed by atoms with Crippen molar-refractivity contribution in [3.63, 3.8) is 0 Å². The van der Waals surface area contributed by atoms with Crippen molar-refractivity contribution < 1.29 is 5.11 Å². The molecule has 0 saturated heterocycles.